The van der Waals surface area contributed by atoms with Crippen molar-refractivity contribution in [3.63, 3.8) is 0 Å². The molecule has 2 unspecified atom stereocenters. The number of aryl methyl sites for hydroxylation is 1. The number of carbonyl (C=O) groups is 2. The molecule has 5 heteroatoms. The minimum atomic E-state index is 0.0210. The number of nitrogens with zero attached hydrogens (tertiary/aromatic N) is 2. The van der Waals surface area contributed by atoms with E-state index in [0.717, 1.165) is 51.1 Å². The minimum absolute atomic E-state index is 0.0210. The number of nitrogens with one attached hydrogen (secondary N) is 1. The molecule has 1 aromatic rings. The quantitative estimate of drug-likeness (QED) is 0.845. The molecule has 0 spiro atoms. The molecule has 28 heavy (non-hydrogen) atoms. The normalized spacial score (nSPS) is 24.2. The average Bonchev–Trinajstić information content (AvgIpc) is 2.68. The largest absolute Gasteiger partial charge is 0.342 e. The number of amides is 2. The number of piperidine rings is 2. The van der Waals surface area contributed by atoms with E-state index < -0.39 is 0 Å². The second-order valence-electron chi connectivity index (χ2n) is 8.84. The van der Waals surface area contributed by atoms with Crippen LogP contribution in [0.2, 0.25) is 0 Å². The van der Waals surface area contributed by atoms with E-state index in [-0.39, 0.29) is 11.8 Å². The molecule has 2 saturated heterocycles. The van der Waals surface area contributed by atoms with Crippen LogP contribution in [-0.4, -0.2) is 54.3 Å². The van der Waals surface area contributed by atoms with Crippen LogP contribution in [0.4, 0.5) is 5.69 Å². The molecule has 2 amide bonds. The van der Waals surface area contributed by atoms with Gasteiger partial charge in [0.1, 0.15) is 0 Å². The zero-order valence-corrected chi connectivity index (χ0v) is 17.6. The number of anilines is 1. The highest BCUT2D eigenvalue weighted by molar-refractivity contribution is 5.92. The molecule has 2 aliphatic rings. The van der Waals surface area contributed by atoms with Crippen LogP contribution in [0.3, 0.4) is 0 Å². The third kappa shape index (κ3) is 5.57. The SMILES string of the molecule is CCc1ccc(NC(=O)CN2CCC(C(=O)N3CC(C)CC(C)C3)CC2)cc1. The van der Waals surface area contributed by atoms with Crippen LogP contribution in [-0.2, 0) is 16.0 Å². The molecule has 0 aliphatic carbocycles. The molecule has 0 aromatic heterocycles. The Kier molecular flexibility index (Phi) is 7.11. The van der Waals surface area contributed by atoms with E-state index in [9.17, 15) is 9.59 Å². The van der Waals surface area contributed by atoms with E-state index >= 15 is 0 Å². The lowest BCUT2D eigenvalue weighted by atomic mass is 9.89. The van der Waals surface area contributed by atoms with E-state index in [4.69, 9.17) is 0 Å². The summed E-state index contributed by atoms with van der Waals surface area (Å²) < 4.78 is 0. The van der Waals surface area contributed by atoms with Crippen molar-refractivity contribution < 1.29 is 9.59 Å². The maximum Gasteiger partial charge on any atom is 0.238 e. The molecular formula is C23H35N3O2. The van der Waals surface area contributed by atoms with E-state index in [1.54, 1.807) is 0 Å². The molecule has 2 heterocycles. The fourth-order valence-electron chi connectivity index (χ4n) is 4.67. The smallest absolute Gasteiger partial charge is 0.238 e. The third-order valence-corrected chi connectivity index (χ3v) is 6.13. The molecule has 0 radical (unpaired) electrons. The molecule has 3 rings (SSSR count). The van der Waals surface area contributed by atoms with Crippen LogP contribution in [0.5, 0.6) is 0 Å². The predicted octanol–water partition coefficient (Wildman–Crippen LogP) is 3.40. The molecule has 1 aromatic carbocycles. The van der Waals surface area contributed by atoms with Crippen molar-refractivity contribution in [2.45, 2.75) is 46.5 Å². The molecule has 0 saturated carbocycles. The highest BCUT2D eigenvalue weighted by Crippen LogP contribution is 2.26. The van der Waals surface area contributed by atoms with Crippen molar-refractivity contribution in [2.24, 2.45) is 17.8 Å². The van der Waals surface area contributed by atoms with Gasteiger partial charge in [-0.3, -0.25) is 14.5 Å². The summed E-state index contributed by atoms with van der Waals surface area (Å²) in [6.45, 7) is 10.4. The Morgan fingerprint density at radius 2 is 1.64 bits per heavy atom. The number of carbonyl (C=O) groups excluding carboxylic acids is 2. The Morgan fingerprint density at radius 1 is 1.04 bits per heavy atom. The summed E-state index contributed by atoms with van der Waals surface area (Å²) in [7, 11) is 0. The maximum absolute atomic E-state index is 12.9. The van der Waals surface area contributed by atoms with Crippen molar-refractivity contribution in [2.75, 3.05) is 38.0 Å². The summed E-state index contributed by atoms with van der Waals surface area (Å²) in [5, 5.41) is 2.98. The summed E-state index contributed by atoms with van der Waals surface area (Å²) in [5.74, 6) is 1.68. The Labute approximate surface area is 169 Å². The number of likely N-dealkylation sites (tertiary alicyclic amines) is 2. The first kappa shape index (κ1) is 20.8. The van der Waals surface area contributed by atoms with Crippen molar-refractivity contribution >= 4 is 17.5 Å². The van der Waals surface area contributed by atoms with E-state index in [2.05, 4.69) is 48.0 Å². The highest BCUT2D eigenvalue weighted by atomic mass is 16.2. The van der Waals surface area contributed by atoms with Crippen LogP contribution < -0.4 is 5.32 Å². The van der Waals surface area contributed by atoms with E-state index in [1.807, 2.05) is 12.1 Å². The number of rotatable bonds is 5. The Morgan fingerprint density at radius 3 is 2.21 bits per heavy atom. The predicted molar refractivity (Wildman–Crippen MR) is 113 cm³/mol. The first-order valence-corrected chi connectivity index (χ1v) is 10.8. The molecule has 2 aliphatic heterocycles. The lowest BCUT2D eigenvalue weighted by molar-refractivity contribution is -0.139. The molecule has 2 fully saturated rings. The summed E-state index contributed by atoms with van der Waals surface area (Å²) in [5.41, 5.74) is 2.11. The van der Waals surface area contributed by atoms with Crippen molar-refractivity contribution in [1.29, 1.82) is 0 Å². The molecule has 5 nitrogen and oxygen atoms in total. The van der Waals surface area contributed by atoms with Gasteiger partial charge in [-0.25, -0.2) is 0 Å². The van der Waals surface area contributed by atoms with E-state index in [1.165, 1.54) is 12.0 Å². The van der Waals surface area contributed by atoms with Crippen LogP contribution in [0.15, 0.2) is 24.3 Å². The van der Waals surface area contributed by atoms with Crippen molar-refractivity contribution in [3.05, 3.63) is 29.8 Å². The maximum atomic E-state index is 12.9. The summed E-state index contributed by atoms with van der Waals surface area (Å²) in [6, 6.07) is 8.02. The van der Waals surface area contributed by atoms with Gasteiger partial charge in [0, 0.05) is 24.7 Å². The van der Waals surface area contributed by atoms with Gasteiger partial charge in [0.15, 0.2) is 0 Å². The zero-order valence-electron chi connectivity index (χ0n) is 17.6. The van der Waals surface area contributed by atoms with Gasteiger partial charge in [-0.1, -0.05) is 32.9 Å². The monoisotopic (exact) mass is 385 g/mol. The zero-order chi connectivity index (χ0) is 20.1. The van der Waals surface area contributed by atoms with Crippen LogP contribution in [0.1, 0.15) is 45.6 Å². The standard InChI is InChI=1S/C23H35N3O2/c1-4-19-5-7-21(8-6-19)24-22(27)16-25-11-9-20(10-12-25)23(28)26-14-17(2)13-18(3)15-26/h5-8,17-18,20H,4,9-16H2,1-3H3,(H,24,27). The lowest BCUT2D eigenvalue weighted by Crippen LogP contribution is -2.48. The first-order chi connectivity index (χ1) is 13.4. The van der Waals surface area contributed by atoms with Gasteiger partial charge < -0.3 is 10.2 Å². The Balaban J connectivity index is 1.43. The minimum Gasteiger partial charge on any atom is -0.342 e. The van der Waals surface area contributed by atoms with Crippen molar-refractivity contribution in [1.82, 2.24) is 9.80 Å². The topological polar surface area (TPSA) is 52.7 Å². The summed E-state index contributed by atoms with van der Waals surface area (Å²) in [4.78, 5) is 29.5. The van der Waals surface area contributed by atoms with Gasteiger partial charge in [0.25, 0.3) is 0 Å². The lowest BCUT2D eigenvalue weighted by Gasteiger charge is -2.39. The van der Waals surface area contributed by atoms with Gasteiger partial charge in [0.2, 0.25) is 11.8 Å². The van der Waals surface area contributed by atoms with Crippen LogP contribution in [0.25, 0.3) is 0 Å². The Bertz CT molecular complexity index is 655. The van der Waals surface area contributed by atoms with Crippen LogP contribution in [0, 0.1) is 17.8 Å². The first-order valence-electron chi connectivity index (χ1n) is 10.8. The highest BCUT2D eigenvalue weighted by Gasteiger charge is 2.32. The molecular weight excluding hydrogens is 350 g/mol. The van der Waals surface area contributed by atoms with Gasteiger partial charge in [0.05, 0.1) is 6.54 Å². The Hall–Kier alpha value is -1.88. The second kappa shape index (κ2) is 9.55. The van der Waals surface area contributed by atoms with Gasteiger partial charge in [-0.05, 0) is 68.3 Å². The van der Waals surface area contributed by atoms with E-state index in [0.29, 0.717) is 24.3 Å². The molecule has 154 valence electrons. The average molecular weight is 386 g/mol. The van der Waals surface area contributed by atoms with Gasteiger partial charge >= 0.3 is 0 Å². The summed E-state index contributed by atoms with van der Waals surface area (Å²) in [6.07, 6.45) is 3.93. The third-order valence-electron chi connectivity index (χ3n) is 6.13. The number of benzene rings is 1. The van der Waals surface area contributed by atoms with Gasteiger partial charge in [-0.15, -0.1) is 0 Å². The van der Waals surface area contributed by atoms with Crippen LogP contribution >= 0.6 is 0 Å². The second-order valence-corrected chi connectivity index (χ2v) is 8.84. The summed E-state index contributed by atoms with van der Waals surface area (Å²) >= 11 is 0. The molecule has 0 bridgehead atoms. The molecule has 2 atom stereocenters. The van der Waals surface area contributed by atoms with Crippen molar-refractivity contribution in [3.8, 4) is 0 Å². The van der Waals surface area contributed by atoms with Gasteiger partial charge in [-0.2, -0.15) is 0 Å². The number of hydrogen-bond donors (Lipinski definition) is 1. The fourth-order valence-corrected chi connectivity index (χ4v) is 4.67. The fraction of sp³-hybridized carbons (Fsp3) is 0.652. The number of hydrogen-bond acceptors (Lipinski definition) is 3. The molecule has 1 N–H and O–H groups in total.